The van der Waals surface area contributed by atoms with Gasteiger partial charge in [0.25, 0.3) is 0 Å². The maximum absolute atomic E-state index is 10.4. The van der Waals surface area contributed by atoms with E-state index < -0.39 is 0 Å². The summed E-state index contributed by atoms with van der Waals surface area (Å²) in [6.07, 6.45) is 0.650. The molecule has 0 aliphatic carbocycles. The van der Waals surface area contributed by atoms with Crippen LogP contribution in [0.5, 0.6) is 5.75 Å². The molecule has 0 spiro atoms. The Hall–Kier alpha value is -0.830. The third-order valence-electron chi connectivity index (χ3n) is 1.45. The summed E-state index contributed by atoms with van der Waals surface area (Å²) in [6.45, 7) is 1.77. The predicted molar refractivity (Wildman–Crippen MR) is 45.9 cm³/mol. The molecule has 1 aromatic carbocycles. The van der Waals surface area contributed by atoms with Crippen LogP contribution in [-0.4, -0.2) is 11.4 Å². The average molecular weight is 215 g/mol. The van der Waals surface area contributed by atoms with Gasteiger partial charge in [-0.2, -0.15) is 0 Å². The first kappa shape index (κ1) is 8.27. The van der Waals surface area contributed by atoms with Gasteiger partial charge in [0.1, 0.15) is 5.75 Å². The molecule has 0 radical (unpaired) electrons. The molecular formula is C8H7BrO2. The van der Waals surface area contributed by atoms with E-state index in [1.54, 1.807) is 13.0 Å². The van der Waals surface area contributed by atoms with Gasteiger partial charge >= 0.3 is 0 Å². The molecule has 0 bridgehead atoms. The first-order chi connectivity index (χ1) is 5.15. The van der Waals surface area contributed by atoms with Crippen LogP contribution in [0.15, 0.2) is 16.6 Å². The third-order valence-corrected chi connectivity index (χ3v) is 1.91. The minimum atomic E-state index is 0.0203. The summed E-state index contributed by atoms with van der Waals surface area (Å²) in [4.78, 5) is 10.4. The van der Waals surface area contributed by atoms with Crippen LogP contribution < -0.4 is 0 Å². The highest BCUT2D eigenvalue weighted by molar-refractivity contribution is 9.10. The van der Waals surface area contributed by atoms with Crippen molar-refractivity contribution in [2.45, 2.75) is 6.92 Å². The van der Waals surface area contributed by atoms with Crippen LogP contribution >= 0.6 is 15.9 Å². The molecule has 0 aliphatic rings. The van der Waals surface area contributed by atoms with E-state index in [0.717, 1.165) is 10.0 Å². The summed E-state index contributed by atoms with van der Waals surface area (Å²) in [5, 5.41) is 9.21. The lowest BCUT2D eigenvalue weighted by Crippen LogP contribution is -1.86. The Balaban J connectivity index is 3.36. The fourth-order valence-electron chi connectivity index (χ4n) is 0.890. The third kappa shape index (κ3) is 1.60. The summed E-state index contributed by atoms with van der Waals surface area (Å²) in [6, 6.07) is 3.28. The molecule has 0 unspecified atom stereocenters. The molecule has 2 nitrogen and oxygen atoms in total. The Kier molecular flexibility index (Phi) is 2.29. The quantitative estimate of drug-likeness (QED) is 0.729. The van der Waals surface area contributed by atoms with Crippen molar-refractivity contribution >= 4 is 22.2 Å². The molecule has 0 amide bonds. The standard InChI is InChI=1S/C8H7BrO2/c1-5-2-6(9)3-8(11)7(5)4-10/h2-4,11H,1H3. The lowest BCUT2D eigenvalue weighted by Gasteiger charge is -2.01. The van der Waals surface area contributed by atoms with Crippen LogP contribution in [0.1, 0.15) is 15.9 Å². The molecule has 0 atom stereocenters. The number of rotatable bonds is 1. The first-order valence-electron chi connectivity index (χ1n) is 3.09. The number of aryl methyl sites for hydroxylation is 1. The summed E-state index contributed by atoms with van der Waals surface area (Å²) >= 11 is 3.20. The van der Waals surface area contributed by atoms with Crippen molar-refractivity contribution in [1.82, 2.24) is 0 Å². The van der Waals surface area contributed by atoms with E-state index in [1.165, 1.54) is 6.07 Å². The minimum absolute atomic E-state index is 0.0203. The number of halogens is 1. The summed E-state index contributed by atoms with van der Waals surface area (Å²) < 4.78 is 0.776. The van der Waals surface area contributed by atoms with Crippen LogP contribution in [0, 0.1) is 6.92 Å². The van der Waals surface area contributed by atoms with Gasteiger partial charge in [-0.25, -0.2) is 0 Å². The average Bonchev–Trinajstić information content (AvgIpc) is 1.85. The molecule has 0 fully saturated rings. The van der Waals surface area contributed by atoms with Gasteiger partial charge in [0.2, 0.25) is 0 Å². The molecule has 0 heterocycles. The van der Waals surface area contributed by atoms with Crippen molar-refractivity contribution < 1.29 is 9.90 Å². The molecular weight excluding hydrogens is 208 g/mol. The second-order valence-corrected chi connectivity index (χ2v) is 3.19. The number of hydrogen-bond acceptors (Lipinski definition) is 2. The van der Waals surface area contributed by atoms with Gasteiger partial charge in [-0.15, -0.1) is 0 Å². The minimum Gasteiger partial charge on any atom is -0.507 e. The van der Waals surface area contributed by atoms with Crippen LogP contribution in [0.2, 0.25) is 0 Å². The maximum atomic E-state index is 10.4. The summed E-state index contributed by atoms with van der Waals surface area (Å²) in [5.74, 6) is 0.0203. The lowest BCUT2D eigenvalue weighted by atomic mass is 10.1. The zero-order valence-corrected chi connectivity index (χ0v) is 7.55. The van der Waals surface area contributed by atoms with Crippen molar-refractivity contribution in [3.05, 3.63) is 27.7 Å². The number of carbonyl (C=O) groups is 1. The Labute approximate surface area is 73.0 Å². The van der Waals surface area contributed by atoms with Gasteiger partial charge in [0, 0.05) is 4.47 Å². The van der Waals surface area contributed by atoms with Crippen LogP contribution in [0.3, 0.4) is 0 Å². The number of phenolic OH excluding ortho intramolecular Hbond substituents is 1. The van der Waals surface area contributed by atoms with Gasteiger partial charge in [0.15, 0.2) is 6.29 Å². The van der Waals surface area contributed by atoms with Crippen molar-refractivity contribution in [3.8, 4) is 5.75 Å². The largest absolute Gasteiger partial charge is 0.507 e. The zero-order chi connectivity index (χ0) is 8.43. The molecule has 0 saturated carbocycles. The molecule has 0 aliphatic heterocycles. The van der Waals surface area contributed by atoms with E-state index >= 15 is 0 Å². The van der Waals surface area contributed by atoms with E-state index in [1.807, 2.05) is 0 Å². The highest BCUT2D eigenvalue weighted by Gasteiger charge is 2.03. The number of benzene rings is 1. The molecule has 11 heavy (non-hydrogen) atoms. The van der Waals surface area contributed by atoms with E-state index in [-0.39, 0.29) is 5.75 Å². The van der Waals surface area contributed by atoms with Crippen LogP contribution in [-0.2, 0) is 0 Å². The van der Waals surface area contributed by atoms with Gasteiger partial charge in [0.05, 0.1) is 5.56 Å². The van der Waals surface area contributed by atoms with Gasteiger partial charge < -0.3 is 5.11 Å². The van der Waals surface area contributed by atoms with Crippen LogP contribution in [0.4, 0.5) is 0 Å². The molecule has 3 heteroatoms. The number of aromatic hydroxyl groups is 1. The van der Waals surface area contributed by atoms with E-state index in [2.05, 4.69) is 15.9 Å². The van der Waals surface area contributed by atoms with Gasteiger partial charge in [-0.05, 0) is 24.6 Å². The van der Waals surface area contributed by atoms with E-state index in [4.69, 9.17) is 0 Å². The molecule has 1 aromatic rings. The monoisotopic (exact) mass is 214 g/mol. The Morgan fingerprint density at radius 2 is 2.18 bits per heavy atom. The van der Waals surface area contributed by atoms with E-state index in [0.29, 0.717) is 11.8 Å². The normalized spacial score (nSPS) is 9.64. The fraction of sp³-hybridized carbons (Fsp3) is 0.125. The Morgan fingerprint density at radius 3 is 2.64 bits per heavy atom. The predicted octanol–water partition coefficient (Wildman–Crippen LogP) is 2.28. The number of phenols is 1. The molecule has 58 valence electrons. The molecule has 1 N–H and O–H groups in total. The van der Waals surface area contributed by atoms with Crippen molar-refractivity contribution in [3.63, 3.8) is 0 Å². The highest BCUT2D eigenvalue weighted by Crippen LogP contribution is 2.24. The fourth-order valence-corrected chi connectivity index (χ4v) is 1.45. The lowest BCUT2D eigenvalue weighted by molar-refractivity contribution is 0.112. The number of hydrogen-bond donors (Lipinski definition) is 1. The van der Waals surface area contributed by atoms with Gasteiger partial charge in [-0.1, -0.05) is 15.9 Å². The van der Waals surface area contributed by atoms with Crippen LogP contribution in [0.25, 0.3) is 0 Å². The summed E-state index contributed by atoms with van der Waals surface area (Å²) in [7, 11) is 0. The topological polar surface area (TPSA) is 37.3 Å². The number of carbonyl (C=O) groups excluding carboxylic acids is 1. The van der Waals surface area contributed by atoms with Crippen molar-refractivity contribution in [2.75, 3.05) is 0 Å². The van der Waals surface area contributed by atoms with Crippen molar-refractivity contribution in [1.29, 1.82) is 0 Å². The highest BCUT2D eigenvalue weighted by atomic mass is 79.9. The molecule has 0 saturated heterocycles. The molecule has 1 rings (SSSR count). The second kappa shape index (κ2) is 3.05. The smallest absolute Gasteiger partial charge is 0.154 e. The van der Waals surface area contributed by atoms with Crippen molar-refractivity contribution in [2.24, 2.45) is 0 Å². The first-order valence-corrected chi connectivity index (χ1v) is 3.88. The van der Waals surface area contributed by atoms with E-state index in [9.17, 15) is 9.90 Å². The van der Waals surface area contributed by atoms with Gasteiger partial charge in [-0.3, -0.25) is 4.79 Å². The number of aldehydes is 1. The maximum Gasteiger partial charge on any atom is 0.154 e. The summed E-state index contributed by atoms with van der Waals surface area (Å²) in [5.41, 5.74) is 1.13. The Bertz CT molecular complexity index is 271. The second-order valence-electron chi connectivity index (χ2n) is 2.27. The molecule has 0 aromatic heterocycles. The Morgan fingerprint density at radius 1 is 1.55 bits per heavy atom. The zero-order valence-electron chi connectivity index (χ0n) is 5.97. The SMILES string of the molecule is Cc1cc(Br)cc(O)c1C=O.